The van der Waals surface area contributed by atoms with E-state index >= 15 is 0 Å². The summed E-state index contributed by atoms with van der Waals surface area (Å²) in [6.45, 7) is 4.85. The molecule has 0 spiro atoms. The maximum atomic E-state index is 10.6. The standard InChI is InChI=1S/C8H13O2.Y/c1-6(8(3)10)4-5-7(2)9;/h5-6H,4H2,1-3H3;/q-1;+3. The van der Waals surface area contributed by atoms with E-state index in [4.69, 9.17) is 0 Å². The van der Waals surface area contributed by atoms with Gasteiger partial charge in [0.05, 0.1) is 0 Å². The van der Waals surface area contributed by atoms with Crippen molar-refractivity contribution in [2.24, 2.45) is 5.92 Å². The summed E-state index contributed by atoms with van der Waals surface area (Å²) in [7, 11) is 0. The molecule has 0 amide bonds. The van der Waals surface area contributed by atoms with Crippen molar-refractivity contribution >= 4 is 11.6 Å². The summed E-state index contributed by atoms with van der Waals surface area (Å²) < 4.78 is 0. The van der Waals surface area contributed by atoms with Gasteiger partial charge in [0.25, 0.3) is 0 Å². The van der Waals surface area contributed by atoms with Gasteiger partial charge in [-0.05, 0) is 25.5 Å². The summed E-state index contributed by atoms with van der Waals surface area (Å²) in [5.41, 5.74) is 0. The van der Waals surface area contributed by atoms with Crippen LogP contribution < -0.4 is 0 Å². The van der Waals surface area contributed by atoms with Crippen molar-refractivity contribution in [1.29, 1.82) is 0 Å². The number of ketones is 2. The van der Waals surface area contributed by atoms with Gasteiger partial charge in [-0.25, -0.2) is 0 Å². The molecule has 0 fully saturated rings. The maximum Gasteiger partial charge on any atom is 3.00 e. The summed E-state index contributed by atoms with van der Waals surface area (Å²) in [5, 5.41) is 0. The zero-order valence-corrected chi connectivity index (χ0v) is 10.1. The molecule has 2 nitrogen and oxygen atoms in total. The molecule has 0 bridgehead atoms. The Hall–Kier alpha value is 0.314. The molecule has 0 aromatic carbocycles. The van der Waals surface area contributed by atoms with Gasteiger partial charge in [0.2, 0.25) is 0 Å². The summed E-state index contributed by atoms with van der Waals surface area (Å²) in [6, 6.07) is 0. The molecule has 0 aliphatic carbocycles. The zero-order valence-electron chi connectivity index (χ0n) is 7.26. The quantitative estimate of drug-likeness (QED) is 0.684. The molecule has 3 heteroatoms. The van der Waals surface area contributed by atoms with Crippen molar-refractivity contribution in [2.45, 2.75) is 27.2 Å². The first-order valence-corrected chi connectivity index (χ1v) is 3.38. The summed E-state index contributed by atoms with van der Waals surface area (Å²) in [6.07, 6.45) is 2.12. The van der Waals surface area contributed by atoms with Crippen LogP contribution in [-0.2, 0) is 42.3 Å². The number of carbonyl (C=O) groups excluding carboxylic acids is 2. The van der Waals surface area contributed by atoms with Crippen molar-refractivity contribution in [1.82, 2.24) is 0 Å². The van der Waals surface area contributed by atoms with Crippen molar-refractivity contribution < 1.29 is 42.3 Å². The maximum absolute atomic E-state index is 10.6. The summed E-state index contributed by atoms with van der Waals surface area (Å²) in [5.74, 6) is 0.162. The number of hydrogen-bond donors (Lipinski definition) is 0. The zero-order chi connectivity index (χ0) is 8.15. The van der Waals surface area contributed by atoms with E-state index in [0.29, 0.717) is 6.42 Å². The molecule has 0 aliphatic rings. The second-order valence-electron chi connectivity index (χ2n) is 2.56. The molecule has 0 N–H and O–H groups in total. The van der Waals surface area contributed by atoms with Gasteiger partial charge in [-0.3, -0.25) is 4.79 Å². The van der Waals surface area contributed by atoms with Crippen LogP contribution in [0, 0.1) is 12.3 Å². The minimum absolute atomic E-state index is 0. The molecule has 0 saturated carbocycles. The van der Waals surface area contributed by atoms with Gasteiger partial charge in [0, 0.05) is 0 Å². The second-order valence-corrected chi connectivity index (χ2v) is 2.56. The molecule has 0 aromatic heterocycles. The minimum Gasteiger partial charge on any atom is -0.335 e. The molecule has 0 radical (unpaired) electrons. The molecule has 58 valence electrons. The Morgan fingerprint density at radius 1 is 1.36 bits per heavy atom. The fourth-order valence-electron chi connectivity index (χ4n) is 0.509. The molecule has 0 saturated heterocycles. The van der Waals surface area contributed by atoms with E-state index in [1.807, 2.05) is 6.92 Å². The largest absolute Gasteiger partial charge is 3.00 e. The van der Waals surface area contributed by atoms with E-state index in [1.54, 1.807) is 13.3 Å². The molecule has 0 aromatic rings. The fraction of sp³-hybridized carbons (Fsp3) is 0.625. The van der Waals surface area contributed by atoms with E-state index < -0.39 is 0 Å². The van der Waals surface area contributed by atoms with Crippen molar-refractivity contribution in [2.75, 3.05) is 0 Å². The molecule has 0 aliphatic heterocycles. The predicted molar refractivity (Wildman–Crippen MR) is 39.4 cm³/mol. The number of carbonyl (C=O) groups is 2. The molecule has 1 atom stereocenters. The minimum atomic E-state index is -0.0103. The van der Waals surface area contributed by atoms with E-state index in [-0.39, 0.29) is 50.2 Å². The van der Waals surface area contributed by atoms with Crippen molar-refractivity contribution in [3.63, 3.8) is 0 Å². The first kappa shape index (κ1) is 13.9. The number of Topliss-reactive ketones (excluding diaryl/α,β-unsaturated/α-hetero) is 2. The smallest absolute Gasteiger partial charge is 0.335 e. The van der Waals surface area contributed by atoms with Gasteiger partial charge >= 0.3 is 32.7 Å². The second kappa shape index (κ2) is 6.99. The van der Waals surface area contributed by atoms with Gasteiger partial charge in [-0.1, -0.05) is 6.92 Å². The third-order valence-corrected chi connectivity index (χ3v) is 1.45. The topological polar surface area (TPSA) is 34.1 Å². The third-order valence-electron chi connectivity index (χ3n) is 1.45. The molecule has 0 rings (SSSR count). The molecular formula is C8H13O2Y+2. The molecule has 0 heterocycles. The van der Waals surface area contributed by atoms with E-state index in [0.717, 1.165) is 0 Å². The predicted octanol–water partition coefficient (Wildman–Crippen LogP) is 1.39. The fourth-order valence-corrected chi connectivity index (χ4v) is 0.509. The van der Waals surface area contributed by atoms with E-state index in [9.17, 15) is 9.59 Å². The Morgan fingerprint density at radius 2 is 1.82 bits per heavy atom. The first-order chi connectivity index (χ1) is 4.54. The Kier molecular flexibility index (Phi) is 8.82. The van der Waals surface area contributed by atoms with Crippen LogP contribution in [0.2, 0.25) is 0 Å². The molecule has 11 heavy (non-hydrogen) atoms. The Labute approximate surface area is 93.0 Å². The summed E-state index contributed by atoms with van der Waals surface area (Å²) in [4.78, 5) is 21.0. The van der Waals surface area contributed by atoms with Crippen LogP contribution in [0.5, 0.6) is 0 Å². The van der Waals surface area contributed by atoms with Crippen LogP contribution in [-0.4, -0.2) is 11.6 Å². The molecular weight excluding hydrogens is 217 g/mol. The summed E-state index contributed by atoms with van der Waals surface area (Å²) >= 11 is 0. The average molecular weight is 230 g/mol. The molecule has 1 unspecified atom stereocenters. The van der Waals surface area contributed by atoms with Crippen LogP contribution in [0.15, 0.2) is 0 Å². The van der Waals surface area contributed by atoms with Crippen LogP contribution in [0.25, 0.3) is 0 Å². The Morgan fingerprint density at radius 3 is 2.09 bits per heavy atom. The first-order valence-electron chi connectivity index (χ1n) is 3.38. The van der Waals surface area contributed by atoms with Crippen LogP contribution in [0.3, 0.4) is 0 Å². The van der Waals surface area contributed by atoms with Gasteiger partial charge in [-0.15, -0.1) is 0 Å². The number of rotatable bonds is 4. The van der Waals surface area contributed by atoms with Gasteiger partial charge in [0.1, 0.15) is 5.78 Å². The van der Waals surface area contributed by atoms with Crippen LogP contribution >= 0.6 is 0 Å². The van der Waals surface area contributed by atoms with Crippen molar-refractivity contribution in [3.05, 3.63) is 6.42 Å². The van der Waals surface area contributed by atoms with Crippen LogP contribution in [0.4, 0.5) is 0 Å². The van der Waals surface area contributed by atoms with E-state index in [2.05, 4.69) is 0 Å². The van der Waals surface area contributed by atoms with Gasteiger partial charge in [0.15, 0.2) is 0 Å². The van der Waals surface area contributed by atoms with E-state index in [1.165, 1.54) is 6.92 Å². The van der Waals surface area contributed by atoms with Crippen LogP contribution in [0.1, 0.15) is 27.2 Å². The Bertz CT molecular complexity index is 143. The van der Waals surface area contributed by atoms with Gasteiger partial charge < -0.3 is 11.2 Å². The monoisotopic (exact) mass is 230 g/mol. The van der Waals surface area contributed by atoms with Gasteiger partial charge in [-0.2, -0.15) is 6.42 Å². The number of hydrogen-bond acceptors (Lipinski definition) is 2. The normalized spacial score (nSPS) is 11.2. The average Bonchev–Trinajstić information content (AvgIpc) is 1.82. The third kappa shape index (κ3) is 8.22. The van der Waals surface area contributed by atoms with Crippen molar-refractivity contribution in [3.8, 4) is 0 Å². The Balaban J connectivity index is 0. The SMILES string of the molecule is CC(=O)[CH-]CC(C)C(C)=O.[Y+3].